The fourth-order valence-electron chi connectivity index (χ4n) is 12.8. The van der Waals surface area contributed by atoms with E-state index >= 15 is 0 Å². The molecule has 6 fully saturated rings. The number of nitrogen functional groups attached to an aromatic ring is 1. The number of ether oxygens (including phenoxy) is 2. The number of fused-ring (bicyclic) bond motifs is 2. The van der Waals surface area contributed by atoms with Gasteiger partial charge in [0.1, 0.15) is 23.8 Å². The fourth-order valence-corrected chi connectivity index (χ4v) is 12.8. The zero-order valence-electron chi connectivity index (χ0n) is 44.5. The number of likely N-dealkylation sites (tertiary alicyclic amines) is 2. The van der Waals surface area contributed by atoms with Crippen molar-refractivity contribution in [2.24, 2.45) is 11.8 Å². The van der Waals surface area contributed by atoms with Crippen LogP contribution in [0, 0.1) is 24.2 Å². The highest BCUT2D eigenvalue weighted by atomic mass is 16.5. The Kier molecular flexibility index (Phi) is 15.3. The second-order valence-corrected chi connectivity index (χ2v) is 22.7. The van der Waals surface area contributed by atoms with E-state index in [9.17, 15) is 19.8 Å². The van der Waals surface area contributed by atoms with Gasteiger partial charge in [-0.1, -0.05) is 49.2 Å². The number of amides is 2. The average Bonchev–Trinajstić information content (AvgIpc) is 4.24. The van der Waals surface area contributed by atoms with Gasteiger partial charge < -0.3 is 59.8 Å². The van der Waals surface area contributed by atoms with Gasteiger partial charge >= 0.3 is 0 Å². The van der Waals surface area contributed by atoms with Crippen molar-refractivity contribution in [1.82, 2.24) is 35.5 Å². The number of carbonyl (C=O) groups excluding carboxylic acids is 2. The molecule has 2 amide bonds. The number of terminal acetylenes is 1. The highest BCUT2D eigenvalue weighted by molar-refractivity contribution is 5.91. The van der Waals surface area contributed by atoms with Crippen LogP contribution in [0.5, 0.6) is 11.6 Å². The number of hydrogen-bond donors (Lipinski definition) is 4. The van der Waals surface area contributed by atoms with Crippen LogP contribution in [0.4, 0.5) is 23.0 Å². The van der Waals surface area contributed by atoms with Gasteiger partial charge in [-0.3, -0.25) is 9.59 Å². The summed E-state index contributed by atoms with van der Waals surface area (Å²) in [5, 5.41) is 37.2. The van der Waals surface area contributed by atoms with E-state index < -0.39 is 18.1 Å². The van der Waals surface area contributed by atoms with Gasteiger partial charge in [0.2, 0.25) is 17.7 Å². The first-order valence-electron chi connectivity index (χ1n) is 27.9. The van der Waals surface area contributed by atoms with Crippen LogP contribution in [-0.2, 0) is 14.3 Å². The van der Waals surface area contributed by atoms with Gasteiger partial charge in [-0.15, -0.1) is 16.6 Å². The SMILES string of the molecule is C#Cc1ccc([C@H](C)NC(=O)[C@@H]2C[C@@H](O)CN2C(=O)[C@@H](c2cc(N3CCC(CN4CCC(OC5CC(Oc6cc(N7C8CC[C@@H]7CN(c7cc(-c9ccccc9O)nnc7N)C8)ccn6)C5)CC4)CC3)no2)C(C)C)cc1. The molecule has 5 N–H and O–H groups in total. The lowest BCUT2D eigenvalue weighted by atomic mass is 9.91. The average molecular weight is 1050 g/mol. The number of nitrogens with zero attached hydrogens (tertiary/aromatic N) is 9. The number of anilines is 4. The molecule has 11 rings (SSSR count). The molecule has 1 aliphatic carbocycles. The Balaban J connectivity index is 0.600. The van der Waals surface area contributed by atoms with E-state index in [0.717, 1.165) is 125 Å². The number of hydrogen-bond acceptors (Lipinski definition) is 16. The van der Waals surface area contributed by atoms with E-state index in [2.05, 4.69) is 63.3 Å². The minimum atomic E-state index is -0.805. The molecule has 1 unspecified atom stereocenters. The summed E-state index contributed by atoms with van der Waals surface area (Å²) in [5.74, 6) is 4.28. The van der Waals surface area contributed by atoms with Crippen molar-refractivity contribution < 1.29 is 33.8 Å². The fraction of sp³-hybridized carbons (Fsp3) is 0.525. The molecule has 2 aromatic carbocycles. The summed E-state index contributed by atoms with van der Waals surface area (Å²) in [6, 6.07) is 22.1. The number of aliphatic hydroxyl groups is 1. The van der Waals surface area contributed by atoms with E-state index in [1.807, 2.05) is 75.5 Å². The van der Waals surface area contributed by atoms with Gasteiger partial charge in [0.15, 0.2) is 17.4 Å². The first kappa shape index (κ1) is 52.1. The Labute approximate surface area is 451 Å². The van der Waals surface area contributed by atoms with E-state index in [4.69, 9.17) is 26.2 Å². The molecule has 6 atom stereocenters. The number of aromatic hydroxyl groups is 1. The van der Waals surface area contributed by atoms with Gasteiger partial charge in [0.05, 0.1) is 35.7 Å². The Morgan fingerprint density at radius 1 is 0.857 bits per heavy atom. The number of benzene rings is 2. The molecule has 18 nitrogen and oxygen atoms in total. The quantitative estimate of drug-likeness (QED) is 0.0773. The standard InChI is InChI=1S/C59H73N11O7/c1-5-38-10-12-40(13-11-38)37(4)62-58(73)51-27-44(71)35-69(51)59(74)56(36(2)3)53-31-54(65-77-53)67-24-17-39(18-25-67)32-66-22-19-45(20-23-66)75-46-28-47(29-46)76-55-26-41(16-21-61-55)70-42-14-15-43(70)34-68(33-42)50-30-49(63-64-57(50)60)48-8-6-7-9-52(48)72/h1,6-13,16,21,26,30-31,36-37,39,42-47,51,56,71-72H,14-15,17-20,22-25,27-29,32-35H2,2-4H3,(H2,60,64)(H,62,73)/t37-,42+,43?,44+,46?,47?,51-,56+/m0/s1. The normalized spacial score (nSPS) is 24.9. The molecular weight excluding hydrogens is 975 g/mol. The molecule has 5 aromatic rings. The van der Waals surface area contributed by atoms with E-state index in [-0.39, 0.29) is 60.8 Å². The summed E-state index contributed by atoms with van der Waals surface area (Å²) >= 11 is 0. The van der Waals surface area contributed by atoms with Crippen LogP contribution in [0.15, 0.2) is 83.5 Å². The monoisotopic (exact) mass is 1050 g/mol. The number of para-hydroxylation sites is 1. The Morgan fingerprint density at radius 3 is 2.31 bits per heavy atom. The van der Waals surface area contributed by atoms with Crippen molar-refractivity contribution in [3.8, 4) is 35.2 Å². The minimum absolute atomic E-state index is 0.0785. The van der Waals surface area contributed by atoms with E-state index in [0.29, 0.717) is 46.7 Å². The number of piperazine rings is 1. The number of rotatable bonds is 16. The molecule has 0 radical (unpaired) electrons. The summed E-state index contributed by atoms with van der Waals surface area (Å²) in [5.41, 5.74) is 11.3. The number of pyridine rings is 1. The number of nitrogens with one attached hydrogen (secondary N) is 1. The highest BCUT2D eigenvalue weighted by Gasteiger charge is 2.45. The number of aliphatic hydroxyl groups excluding tert-OH is 1. The maximum atomic E-state index is 14.3. The Morgan fingerprint density at radius 2 is 1.60 bits per heavy atom. The van der Waals surface area contributed by atoms with Crippen LogP contribution in [0.1, 0.15) is 107 Å². The highest BCUT2D eigenvalue weighted by Crippen LogP contribution is 2.41. The molecule has 18 heteroatoms. The van der Waals surface area contributed by atoms with Crippen LogP contribution >= 0.6 is 0 Å². The summed E-state index contributed by atoms with van der Waals surface area (Å²) < 4.78 is 19.0. The van der Waals surface area contributed by atoms with Gasteiger partial charge in [-0.25, -0.2) is 4.98 Å². The molecule has 406 valence electrons. The Bertz CT molecular complexity index is 2890. The maximum Gasteiger partial charge on any atom is 0.243 e. The van der Waals surface area contributed by atoms with Crippen LogP contribution in [0.25, 0.3) is 11.3 Å². The second kappa shape index (κ2) is 22.6. The molecule has 8 heterocycles. The molecule has 77 heavy (non-hydrogen) atoms. The number of phenolic OH excluding ortho intramolecular Hbond substituents is 1. The second-order valence-electron chi connectivity index (χ2n) is 22.7. The number of nitrogens with two attached hydrogens (primary N) is 1. The van der Waals surface area contributed by atoms with E-state index in [1.165, 1.54) is 4.90 Å². The van der Waals surface area contributed by atoms with Crippen molar-refractivity contribution in [2.45, 2.75) is 133 Å². The van der Waals surface area contributed by atoms with E-state index in [1.54, 1.807) is 12.1 Å². The van der Waals surface area contributed by atoms with Gasteiger partial charge in [0.25, 0.3) is 0 Å². The van der Waals surface area contributed by atoms with Crippen LogP contribution < -0.4 is 30.5 Å². The predicted molar refractivity (Wildman–Crippen MR) is 293 cm³/mol. The lowest BCUT2D eigenvalue weighted by Gasteiger charge is -2.43. The minimum Gasteiger partial charge on any atom is -0.507 e. The van der Waals surface area contributed by atoms with Crippen LogP contribution in [-0.4, -0.2) is 147 Å². The topological polar surface area (TPSA) is 212 Å². The molecular formula is C59H73N11O7. The first-order chi connectivity index (χ1) is 37.3. The number of carbonyl (C=O) groups is 2. The summed E-state index contributed by atoms with van der Waals surface area (Å²) in [7, 11) is 0. The van der Waals surface area contributed by atoms with Gasteiger partial charge in [-0.2, -0.15) is 0 Å². The maximum absolute atomic E-state index is 14.3. The molecule has 5 aliphatic heterocycles. The molecule has 6 aliphatic rings. The number of piperidine rings is 2. The van der Waals surface area contributed by atoms with Crippen LogP contribution in [0.3, 0.4) is 0 Å². The van der Waals surface area contributed by atoms with Crippen LogP contribution in [0.2, 0.25) is 0 Å². The molecule has 5 saturated heterocycles. The summed E-state index contributed by atoms with van der Waals surface area (Å²) in [6.45, 7) is 12.4. The molecule has 3 aromatic heterocycles. The smallest absolute Gasteiger partial charge is 0.243 e. The van der Waals surface area contributed by atoms with Gasteiger partial charge in [0, 0.05) is 119 Å². The van der Waals surface area contributed by atoms with Crippen molar-refractivity contribution in [2.75, 3.05) is 72.8 Å². The van der Waals surface area contributed by atoms with Gasteiger partial charge in [-0.05, 0) is 99.2 Å². The predicted octanol–water partition coefficient (Wildman–Crippen LogP) is 6.54. The number of phenols is 1. The van der Waals surface area contributed by atoms with Crippen molar-refractivity contribution in [3.05, 3.63) is 95.9 Å². The molecule has 1 saturated carbocycles. The largest absolute Gasteiger partial charge is 0.507 e. The first-order valence-corrected chi connectivity index (χ1v) is 27.9. The number of β-amino-alcohol motifs (C(OH)–C–C–N with tert-alkyl or cyclic N) is 1. The zero-order valence-corrected chi connectivity index (χ0v) is 44.5. The zero-order chi connectivity index (χ0) is 53.3. The third-order valence-corrected chi connectivity index (χ3v) is 17.1. The molecule has 2 bridgehead atoms. The van der Waals surface area contributed by atoms with Crippen molar-refractivity contribution >= 4 is 34.8 Å². The lowest BCUT2D eigenvalue weighted by Crippen LogP contribution is -2.54. The lowest BCUT2D eigenvalue weighted by molar-refractivity contribution is -0.141. The summed E-state index contributed by atoms with van der Waals surface area (Å²) in [6.07, 6.45) is 15.3. The van der Waals surface area contributed by atoms with Crippen molar-refractivity contribution in [1.29, 1.82) is 0 Å². The Hall–Kier alpha value is -6.94. The molecule has 0 spiro atoms. The number of aromatic nitrogens is 4. The van der Waals surface area contributed by atoms with Crippen molar-refractivity contribution in [3.63, 3.8) is 0 Å². The third kappa shape index (κ3) is 11.4. The summed E-state index contributed by atoms with van der Waals surface area (Å²) in [4.78, 5) is 43.8. The third-order valence-electron chi connectivity index (χ3n) is 17.1.